The van der Waals surface area contributed by atoms with Gasteiger partial charge in [0.2, 0.25) is 11.4 Å². The van der Waals surface area contributed by atoms with E-state index in [9.17, 15) is 19.8 Å². The number of hydrogen-bond donors (Lipinski definition) is 2. The average molecular weight is 354 g/mol. The zero-order chi connectivity index (χ0) is 18.7. The second-order valence-electron chi connectivity index (χ2n) is 5.96. The number of benzene rings is 1. The third kappa shape index (κ3) is 2.99. The number of carboxylic acid groups (broad SMARTS) is 2. The van der Waals surface area contributed by atoms with Crippen LogP contribution in [0.1, 0.15) is 18.4 Å². The minimum absolute atomic E-state index is 0.0472. The van der Waals surface area contributed by atoms with Crippen LogP contribution in [0.2, 0.25) is 0 Å². The number of hydrogen-bond acceptors (Lipinski definition) is 5. The van der Waals surface area contributed by atoms with Crippen molar-refractivity contribution in [2.75, 3.05) is 11.4 Å². The van der Waals surface area contributed by atoms with Gasteiger partial charge in [-0.05, 0) is 36.6 Å². The lowest BCUT2D eigenvalue weighted by molar-refractivity contribution is -0.156. The molecule has 0 atom stereocenters. The summed E-state index contributed by atoms with van der Waals surface area (Å²) in [4.78, 5) is 28.8. The summed E-state index contributed by atoms with van der Waals surface area (Å²) in [5.41, 5.74) is -0.556. The fourth-order valence-corrected chi connectivity index (χ4v) is 3.09. The highest BCUT2D eigenvalue weighted by atomic mass is 16.5. The topological polar surface area (TPSA) is 100.0 Å². The molecule has 3 rings (SSSR count). The molecular weight excluding hydrogens is 336 g/mol. The summed E-state index contributed by atoms with van der Waals surface area (Å²) in [6.45, 7) is 4.02. The van der Waals surface area contributed by atoms with Crippen molar-refractivity contribution in [1.82, 2.24) is 4.98 Å². The summed E-state index contributed by atoms with van der Waals surface area (Å²) >= 11 is 0. The Morgan fingerprint density at radius 2 is 1.85 bits per heavy atom. The molecule has 1 aromatic carbocycles. The summed E-state index contributed by atoms with van der Waals surface area (Å²) in [6, 6.07) is 10.5. The van der Waals surface area contributed by atoms with Gasteiger partial charge in [0.1, 0.15) is 5.75 Å². The molecule has 0 amide bonds. The molecule has 7 nitrogen and oxygen atoms in total. The van der Waals surface area contributed by atoms with Crippen molar-refractivity contribution in [1.29, 1.82) is 0 Å². The highest BCUT2D eigenvalue weighted by Crippen LogP contribution is 2.35. The molecule has 2 heterocycles. The summed E-state index contributed by atoms with van der Waals surface area (Å²) in [5.74, 6) is -1.81. The molecule has 134 valence electrons. The van der Waals surface area contributed by atoms with Crippen molar-refractivity contribution < 1.29 is 24.5 Å². The van der Waals surface area contributed by atoms with Crippen molar-refractivity contribution in [3.63, 3.8) is 0 Å². The van der Waals surface area contributed by atoms with E-state index in [2.05, 4.69) is 11.6 Å². The summed E-state index contributed by atoms with van der Waals surface area (Å²) in [6.07, 6.45) is 3.68. The van der Waals surface area contributed by atoms with Crippen molar-refractivity contribution in [2.24, 2.45) is 0 Å². The zero-order valence-electron chi connectivity index (χ0n) is 14.0. The van der Waals surface area contributed by atoms with Crippen molar-refractivity contribution >= 4 is 23.7 Å². The predicted octanol–water partition coefficient (Wildman–Crippen LogP) is 3.03. The first-order chi connectivity index (χ1) is 12.5. The van der Waals surface area contributed by atoms with E-state index in [-0.39, 0.29) is 6.42 Å². The Labute approximate surface area is 150 Å². The van der Waals surface area contributed by atoms with E-state index < -0.39 is 17.5 Å². The van der Waals surface area contributed by atoms with Gasteiger partial charge in [-0.25, -0.2) is 14.6 Å². The van der Waals surface area contributed by atoms with Crippen molar-refractivity contribution in [3.05, 3.63) is 54.7 Å². The van der Waals surface area contributed by atoms with Crippen LogP contribution in [0.25, 0.3) is 6.08 Å². The lowest BCUT2D eigenvalue weighted by atomic mass is 9.96. The van der Waals surface area contributed by atoms with Gasteiger partial charge < -0.3 is 19.8 Å². The van der Waals surface area contributed by atoms with Gasteiger partial charge in [0.25, 0.3) is 0 Å². The maximum absolute atomic E-state index is 11.6. The van der Waals surface area contributed by atoms with Gasteiger partial charge in [-0.3, -0.25) is 0 Å². The van der Waals surface area contributed by atoms with Gasteiger partial charge in [0.15, 0.2) is 0 Å². The number of ether oxygens (including phenoxy) is 1. The lowest BCUT2D eigenvalue weighted by Crippen LogP contribution is -2.57. The highest BCUT2D eigenvalue weighted by Gasteiger charge is 2.54. The molecule has 1 aromatic heterocycles. The second kappa shape index (κ2) is 6.87. The smallest absolute Gasteiger partial charge is 0.341 e. The Bertz CT molecular complexity index is 816. The normalized spacial score (nSPS) is 15.5. The zero-order valence-corrected chi connectivity index (χ0v) is 14.0. The third-order valence-corrected chi connectivity index (χ3v) is 4.46. The Morgan fingerprint density at radius 1 is 1.15 bits per heavy atom. The van der Waals surface area contributed by atoms with Gasteiger partial charge in [0, 0.05) is 12.6 Å². The first kappa shape index (κ1) is 17.5. The summed E-state index contributed by atoms with van der Waals surface area (Å²) < 4.78 is 5.65. The number of anilines is 1. The van der Waals surface area contributed by atoms with Gasteiger partial charge in [0.05, 0.1) is 11.9 Å². The molecule has 2 aromatic rings. The molecule has 26 heavy (non-hydrogen) atoms. The largest absolute Gasteiger partial charge is 0.479 e. The van der Waals surface area contributed by atoms with Crippen LogP contribution < -0.4 is 9.64 Å². The summed E-state index contributed by atoms with van der Waals surface area (Å²) in [7, 11) is 0. The molecule has 1 aliphatic heterocycles. The molecule has 0 bridgehead atoms. The number of carbonyl (C=O) groups is 2. The number of carboxylic acids is 2. The molecule has 0 radical (unpaired) electrons. The van der Waals surface area contributed by atoms with Crippen LogP contribution in [0, 0.1) is 0 Å². The highest BCUT2D eigenvalue weighted by molar-refractivity contribution is 6.07. The fraction of sp³-hybridized carbons (Fsp3) is 0.211. The molecule has 0 aliphatic carbocycles. The monoisotopic (exact) mass is 354 g/mol. The van der Waals surface area contributed by atoms with E-state index >= 15 is 0 Å². The van der Waals surface area contributed by atoms with E-state index in [4.69, 9.17) is 4.74 Å². The van der Waals surface area contributed by atoms with Crippen LogP contribution >= 0.6 is 0 Å². The van der Waals surface area contributed by atoms with Crippen LogP contribution in [0.15, 0.2) is 49.2 Å². The fourth-order valence-electron chi connectivity index (χ4n) is 3.09. The summed E-state index contributed by atoms with van der Waals surface area (Å²) in [5, 5.41) is 19.0. The van der Waals surface area contributed by atoms with E-state index in [0.29, 0.717) is 30.3 Å². The number of aromatic nitrogens is 1. The van der Waals surface area contributed by atoms with E-state index in [0.717, 1.165) is 5.56 Å². The molecule has 7 heteroatoms. The predicted molar refractivity (Wildman–Crippen MR) is 95.4 cm³/mol. The third-order valence-electron chi connectivity index (χ3n) is 4.46. The molecule has 0 saturated carbocycles. The Kier molecular flexibility index (Phi) is 4.62. The number of nitrogens with zero attached hydrogens (tertiary/aromatic N) is 2. The molecule has 1 saturated heterocycles. The number of aliphatic carboxylic acids is 2. The van der Waals surface area contributed by atoms with Crippen molar-refractivity contribution in [3.8, 4) is 11.6 Å². The molecule has 0 spiro atoms. The molecular formula is C19H18N2O5. The minimum atomic E-state index is -1.95. The average Bonchev–Trinajstić information content (AvgIpc) is 3.09. The van der Waals surface area contributed by atoms with Crippen molar-refractivity contribution in [2.45, 2.75) is 18.4 Å². The van der Waals surface area contributed by atoms with E-state index in [1.165, 1.54) is 11.1 Å². The maximum atomic E-state index is 11.6. The van der Waals surface area contributed by atoms with Crippen LogP contribution in [0.3, 0.4) is 0 Å². The van der Waals surface area contributed by atoms with Crippen LogP contribution in [0.5, 0.6) is 11.6 Å². The number of pyridine rings is 1. The van der Waals surface area contributed by atoms with Gasteiger partial charge in [-0.1, -0.05) is 24.8 Å². The molecule has 0 unspecified atom stereocenters. The molecule has 2 N–H and O–H groups in total. The molecule has 1 fully saturated rings. The first-order valence-electron chi connectivity index (χ1n) is 8.08. The first-order valence-corrected chi connectivity index (χ1v) is 8.08. The Balaban J connectivity index is 1.81. The Morgan fingerprint density at radius 3 is 2.38 bits per heavy atom. The van der Waals surface area contributed by atoms with Gasteiger partial charge >= 0.3 is 11.9 Å². The minimum Gasteiger partial charge on any atom is -0.479 e. The van der Waals surface area contributed by atoms with Gasteiger partial charge in [-0.2, -0.15) is 0 Å². The van der Waals surface area contributed by atoms with Crippen LogP contribution in [-0.4, -0.2) is 39.2 Å². The maximum Gasteiger partial charge on any atom is 0.341 e. The second-order valence-corrected chi connectivity index (χ2v) is 5.96. The lowest BCUT2D eigenvalue weighted by Gasteiger charge is -2.32. The van der Waals surface area contributed by atoms with Gasteiger partial charge in [-0.15, -0.1) is 0 Å². The Hall–Kier alpha value is -3.35. The SMILES string of the molecule is C=Cc1ccc(Oc2ccc(N3CCCC3(C(=O)O)C(=O)O)cn2)cc1. The van der Waals surface area contributed by atoms with Crippen LogP contribution in [-0.2, 0) is 9.59 Å². The van der Waals surface area contributed by atoms with E-state index in [1.807, 2.05) is 12.1 Å². The van der Waals surface area contributed by atoms with Crippen LogP contribution in [0.4, 0.5) is 5.69 Å². The number of rotatable bonds is 6. The van der Waals surface area contributed by atoms with E-state index in [1.54, 1.807) is 30.3 Å². The standard InChI is InChI=1S/C19H18N2O5/c1-2-13-4-7-15(8-5-13)26-16-9-6-14(12-20-16)21-11-3-10-19(21,17(22)23)18(24)25/h2,4-9,12H,1,3,10-11H2,(H,22,23)(H,24,25). The quantitative estimate of drug-likeness (QED) is 0.769. The molecule has 1 aliphatic rings.